The minimum atomic E-state index is -3.51. The monoisotopic (exact) mass is 312 g/mol. The van der Waals surface area contributed by atoms with Crippen LogP contribution in [0.15, 0.2) is 34.5 Å². The van der Waals surface area contributed by atoms with Gasteiger partial charge in [-0.15, -0.1) is 11.3 Å². The highest BCUT2D eigenvalue weighted by molar-refractivity contribution is 7.89. The summed E-state index contributed by atoms with van der Waals surface area (Å²) >= 11 is 1.51. The minimum absolute atomic E-state index is 0.243. The van der Waals surface area contributed by atoms with Crippen molar-refractivity contribution in [3.05, 3.63) is 40.3 Å². The third-order valence-electron chi connectivity index (χ3n) is 2.82. The van der Waals surface area contributed by atoms with Crippen LogP contribution in [0.5, 0.6) is 5.75 Å². The van der Waals surface area contributed by atoms with Crippen molar-refractivity contribution in [2.45, 2.75) is 18.4 Å². The number of aryl methyl sites for hydroxylation is 1. The van der Waals surface area contributed by atoms with E-state index in [-0.39, 0.29) is 11.4 Å². The number of ether oxygens (including phenoxy) is 1. The zero-order valence-corrected chi connectivity index (χ0v) is 13.2. The number of aromatic nitrogens is 1. The molecule has 0 saturated heterocycles. The number of hydrogen-bond acceptors (Lipinski definition) is 5. The van der Waals surface area contributed by atoms with Gasteiger partial charge in [0.25, 0.3) is 0 Å². The van der Waals surface area contributed by atoms with Gasteiger partial charge < -0.3 is 4.74 Å². The molecule has 0 atom stereocenters. The fourth-order valence-electron chi connectivity index (χ4n) is 1.72. The Morgan fingerprint density at radius 3 is 2.45 bits per heavy atom. The maximum Gasteiger partial charge on any atom is 0.243 e. The lowest BCUT2D eigenvalue weighted by Crippen LogP contribution is -2.26. The normalized spacial score (nSPS) is 11.8. The molecule has 0 radical (unpaired) electrons. The Kier molecular flexibility index (Phi) is 4.42. The van der Waals surface area contributed by atoms with E-state index in [4.69, 9.17) is 4.74 Å². The zero-order valence-electron chi connectivity index (χ0n) is 11.5. The number of benzene rings is 1. The third kappa shape index (κ3) is 3.17. The lowest BCUT2D eigenvalue weighted by molar-refractivity contribution is 0.414. The number of nitrogens with zero attached hydrogens (tertiary/aromatic N) is 2. The highest BCUT2D eigenvalue weighted by Gasteiger charge is 2.21. The summed E-state index contributed by atoms with van der Waals surface area (Å²) in [4.78, 5) is 4.52. The molecule has 0 aliphatic rings. The molecule has 0 aliphatic heterocycles. The second-order valence-electron chi connectivity index (χ2n) is 4.29. The van der Waals surface area contributed by atoms with E-state index < -0.39 is 10.0 Å². The molecule has 108 valence electrons. The van der Waals surface area contributed by atoms with Crippen molar-refractivity contribution in [3.63, 3.8) is 0 Å². The Morgan fingerprint density at radius 2 is 1.95 bits per heavy atom. The van der Waals surface area contributed by atoms with Gasteiger partial charge in [0.1, 0.15) is 5.75 Å². The van der Waals surface area contributed by atoms with E-state index in [9.17, 15) is 8.42 Å². The largest absolute Gasteiger partial charge is 0.497 e. The summed E-state index contributed by atoms with van der Waals surface area (Å²) < 4.78 is 31.1. The summed E-state index contributed by atoms with van der Waals surface area (Å²) in [5, 5.41) is 2.80. The quantitative estimate of drug-likeness (QED) is 0.850. The average molecular weight is 312 g/mol. The molecule has 1 aromatic heterocycles. The van der Waals surface area contributed by atoms with Gasteiger partial charge >= 0.3 is 0 Å². The van der Waals surface area contributed by atoms with E-state index in [1.165, 1.54) is 27.8 Å². The molecule has 20 heavy (non-hydrogen) atoms. The van der Waals surface area contributed by atoms with Gasteiger partial charge in [0.15, 0.2) is 0 Å². The Morgan fingerprint density at radius 1 is 1.30 bits per heavy atom. The van der Waals surface area contributed by atoms with Crippen LogP contribution < -0.4 is 4.74 Å². The summed E-state index contributed by atoms with van der Waals surface area (Å²) in [5.41, 5.74) is 0.757. The maximum atomic E-state index is 12.4. The van der Waals surface area contributed by atoms with Crippen LogP contribution in [0.25, 0.3) is 0 Å². The fraction of sp³-hybridized carbons (Fsp3) is 0.308. The Hall–Kier alpha value is -1.44. The van der Waals surface area contributed by atoms with Crippen molar-refractivity contribution in [2.75, 3.05) is 14.2 Å². The number of methoxy groups -OCH3 is 1. The van der Waals surface area contributed by atoms with Gasteiger partial charge in [-0.1, -0.05) is 0 Å². The molecule has 0 unspecified atom stereocenters. The summed E-state index contributed by atoms with van der Waals surface area (Å²) in [6.45, 7) is 2.16. The highest BCUT2D eigenvalue weighted by atomic mass is 32.2. The molecule has 5 nitrogen and oxygen atoms in total. The molecular weight excluding hydrogens is 296 g/mol. The Labute approximate surface area is 122 Å². The molecule has 0 aliphatic carbocycles. The van der Waals surface area contributed by atoms with Gasteiger partial charge in [-0.3, -0.25) is 0 Å². The van der Waals surface area contributed by atoms with Crippen molar-refractivity contribution in [3.8, 4) is 5.75 Å². The van der Waals surface area contributed by atoms with Crippen LogP contribution in [0.2, 0.25) is 0 Å². The smallest absolute Gasteiger partial charge is 0.243 e. The van der Waals surface area contributed by atoms with Gasteiger partial charge in [0.2, 0.25) is 10.0 Å². The molecule has 0 amide bonds. The lowest BCUT2D eigenvalue weighted by Gasteiger charge is -2.16. The first-order valence-electron chi connectivity index (χ1n) is 5.95. The summed E-state index contributed by atoms with van der Waals surface area (Å²) in [5.74, 6) is 0.627. The number of rotatable bonds is 5. The van der Waals surface area contributed by atoms with Crippen LogP contribution >= 0.6 is 11.3 Å². The standard InChI is InChI=1S/C13H16N2O3S2/c1-10-14-11(9-19-10)8-15(2)20(16,17)13-6-4-12(18-3)5-7-13/h4-7,9H,8H2,1-3H3. The van der Waals surface area contributed by atoms with Gasteiger partial charge in [0, 0.05) is 12.4 Å². The van der Waals surface area contributed by atoms with Crippen molar-refractivity contribution < 1.29 is 13.2 Å². The highest BCUT2D eigenvalue weighted by Crippen LogP contribution is 2.20. The molecule has 2 rings (SSSR count). The van der Waals surface area contributed by atoms with E-state index >= 15 is 0 Å². The molecule has 7 heteroatoms. The van der Waals surface area contributed by atoms with Crippen molar-refractivity contribution in [2.24, 2.45) is 0 Å². The molecule has 0 fully saturated rings. The number of thiazole rings is 1. The van der Waals surface area contributed by atoms with E-state index in [2.05, 4.69) is 4.98 Å². The van der Waals surface area contributed by atoms with E-state index in [1.807, 2.05) is 12.3 Å². The minimum Gasteiger partial charge on any atom is -0.497 e. The average Bonchev–Trinajstić information content (AvgIpc) is 2.84. The van der Waals surface area contributed by atoms with Crippen LogP contribution in [0.4, 0.5) is 0 Å². The topological polar surface area (TPSA) is 59.5 Å². The van der Waals surface area contributed by atoms with E-state index in [0.29, 0.717) is 5.75 Å². The second-order valence-corrected chi connectivity index (χ2v) is 7.40. The molecule has 1 heterocycles. The maximum absolute atomic E-state index is 12.4. The van der Waals surface area contributed by atoms with Crippen LogP contribution in [0.3, 0.4) is 0 Å². The van der Waals surface area contributed by atoms with Crippen LogP contribution in [-0.2, 0) is 16.6 Å². The summed E-state index contributed by atoms with van der Waals surface area (Å²) in [6.07, 6.45) is 0. The number of sulfonamides is 1. The fourth-order valence-corrected chi connectivity index (χ4v) is 3.47. The SMILES string of the molecule is COc1ccc(S(=O)(=O)N(C)Cc2csc(C)n2)cc1. The molecule has 0 spiro atoms. The van der Waals surface area contributed by atoms with Crippen LogP contribution in [0.1, 0.15) is 10.7 Å². The van der Waals surface area contributed by atoms with Gasteiger partial charge in [-0.25, -0.2) is 13.4 Å². The van der Waals surface area contributed by atoms with Crippen LogP contribution in [-0.4, -0.2) is 31.9 Å². The molecule has 1 aromatic carbocycles. The number of hydrogen-bond donors (Lipinski definition) is 0. The van der Waals surface area contributed by atoms with E-state index in [0.717, 1.165) is 10.7 Å². The Balaban J connectivity index is 2.19. The molecule has 0 N–H and O–H groups in total. The Bertz CT molecular complexity index is 678. The van der Waals surface area contributed by atoms with Gasteiger partial charge in [-0.05, 0) is 31.2 Å². The summed E-state index contributed by atoms with van der Waals surface area (Å²) in [6, 6.07) is 6.34. The zero-order chi connectivity index (χ0) is 14.8. The molecule has 0 saturated carbocycles. The predicted molar refractivity (Wildman–Crippen MR) is 78.5 cm³/mol. The van der Waals surface area contributed by atoms with Crippen molar-refractivity contribution in [1.82, 2.24) is 9.29 Å². The van der Waals surface area contributed by atoms with Gasteiger partial charge in [0.05, 0.1) is 29.3 Å². The third-order valence-corrected chi connectivity index (χ3v) is 5.46. The molecular formula is C13H16N2O3S2. The molecule has 2 aromatic rings. The first-order valence-corrected chi connectivity index (χ1v) is 8.27. The van der Waals surface area contributed by atoms with Gasteiger partial charge in [-0.2, -0.15) is 4.31 Å². The summed E-state index contributed by atoms with van der Waals surface area (Å²) in [7, 11) is -0.419. The lowest BCUT2D eigenvalue weighted by atomic mass is 10.3. The second kappa shape index (κ2) is 5.90. The first kappa shape index (κ1) is 15.0. The van der Waals surface area contributed by atoms with E-state index in [1.54, 1.807) is 26.3 Å². The molecule has 0 bridgehead atoms. The van der Waals surface area contributed by atoms with Crippen LogP contribution in [0, 0.1) is 6.92 Å². The van der Waals surface area contributed by atoms with Crippen molar-refractivity contribution in [1.29, 1.82) is 0 Å². The predicted octanol–water partition coefficient (Wildman–Crippen LogP) is 2.28. The van der Waals surface area contributed by atoms with Crippen molar-refractivity contribution >= 4 is 21.4 Å². The first-order chi connectivity index (χ1) is 9.43.